The van der Waals surface area contributed by atoms with Gasteiger partial charge in [0.1, 0.15) is 12.4 Å². The molecule has 7 nitrogen and oxygen atoms in total. The first-order valence-electron chi connectivity index (χ1n) is 11.3. The summed E-state index contributed by atoms with van der Waals surface area (Å²) in [7, 11) is 0. The van der Waals surface area contributed by atoms with Crippen molar-refractivity contribution in [3.8, 4) is 5.75 Å². The van der Waals surface area contributed by atoms with E-state index in [-0.39, 0.29) is 24.0 Å². The molecule has 0 saturated carbocycles. The summed E-state index contributed by atoms with van der Waals surface area (Å²) in [4.78, 5) is 27.8. The number of aliphatic hydroxyl groups is 1. The smallest absolute Gasteiger partial charge is 0.290 e. The molecule has 0 spiro atoms. The maximum Gasteiger partial charge on any atom is 0.290 e. The van der Waals surface area contributed by atoms with Crippen molar-refractivity contribution in [1.29, 1.82) is 0 Å². The van der Waals surface area contributed by atoms with Gasteiger partial charge in [0.15, 0.2) is 11.5 Å². The van der Waals surface area contributed by atoms with E-state index in [1.807, 2.05) is 42.5 Å². The summed E-state index contributed by atoms with van der Waals surface area (Å²) in [5.41, 5.74) is 1.75. The van der Waals surface area contributed by atoms with Gasteiger partial charge in [0, 0.05) is 13.2 Å². The molecule has 1 aromatic heterocycles. The Hall–Kier alpha value is -3.84. The molecule has 174 valence electrons. The zero-order valence-corrected chi connectivity index (χ0v) is 18.6. The predicted octanol–water partition coefficient (Wildman–Crippen LogP) is 4.62. The molecular formula is C27H25NO6. The van der Waals surface area contributed by atoms with Crippen LogP contribution in [0.2, 0.25) is 0 Å². The summed E-state index contributed by atoms with van der Waals surface area (Å²) in [5.74, 6) is -0.912. The summed E-state index contributed by atoms with van der Waals surface area (Å²) in [6.07, 6.45) is 3.00. The lowest BCUT2D eigenvalue weighted by molar-refractivity contribution is -0.131. The largest absolute Gasteiger partial charge is 0.503 e. The summed E-state index contributed by atoms with van der Waals surface area (Å²) < 4.78 is 16.9. The van der Waals surface area contributed by atoms with Crippen LogP contribution in [0.5, 0.6) is 5.75 Å². The van der Waals surface area contributed by atoms with Crippen LogP contribution in [0.15, 0.2) is 88.7 Å². The van der Waals surface area contributed by atoms with Crippen LogP contribution < -0.4 is 4.74 Å². The zero-order chi connectivity index (χ0) is 23.5. The Morgan fingerprint density at radius 2 is 1.85 bits per heavy atom. The molecule has 0 unspecified atom stereocenters. The molecule has 34 heavy (non-hydrogen) atoms. The maximum absolute atomic E-state index is 13.2. The number of hydrogen-bond acceptors (Lipinski definition) is 6. The van der Waals surface area contributed by atoms with E-state index < -0.39 is 23.5 Å². The van der Waals surface area contributed by atoms with Crippen molar-refractivity contribution in [2.75, 3.05) is 13.2 Å². The van der Waals surface area contributed by atoms with Crippen LogP contribution in [0.3, 0.4) is 0 Å². The molecule has 2 aromatic carbocycles. The molecule has 1 fully saturated rings. The van der Waals surface area contributed by atoms with Crippen molar-refractivity contribution in [3.05, 3.63) is 101 Å². The first-order valence-corrected chi connectivity index (χ1v) is 11.3. The van der Waals surface area contributed by atoms with E-state index in [4.69, 9.17) is 13.9 Å². The fourth-order valence-corrected chi connectivity index (χ4v) is 4.46. The lowest BCUT2D eigenvalue weighted by Gasteiger charge is -2.28. The molecule has 1 saturated heterocycles. The summed E-state index contributed by atoms with van der Waals surface area (Å²) in [5, 5.41) is 10.7. The average Bonchev–Trinajstić information content (AvgIpc) is 3.63. The average molecular weight is 459 g/mol. The monoisotopic (exact) mass is 459 g/mol. The SMILES string of the molecule is O=C(C1=C(O)C(=O)N(C[C@H]2CCCO2)[C@@H]1c1ccc(OCc2ccccc2)cc1)c1ccco1. The molecule has 2 aliphatic heterocycles. The van der Waals surface area contributed by atoms with Gasteiger partial charge < -0.3 is 23.9 Å². The van der Waals surface area contributed by atoms with Crippen LogP contribution in [0, 0.1) is 0 Å². The number of ketones is 1. The summed E-state index contributed by atoms with van der Waals surface area (Å²) >= 11 is 0. The lowest BCUT2D eigenvalue weighted by atomic mass is 9.95. The van der Waals surface area contributed by atoms with Crippen molar-refractivity contribution in [2.45, 2.75) is 31.6 Å². The summed E-state index contributed by atoms with van der Waals surface area (Å²) in [6, 6.07) is 19.4. The molecule has 1 N–H and O–H groups in total. The second-order valence-electron chi connectivity index (χ2n) is 8.41. The van der Waals surface area contributed by atoms with Crippen LogP contribution in [0.1, 0.15) is 40.6 Å². The number of ether oxygens (including phenoxy) is 2. The quantitative estimate of drug-likeness (QED) is 0.495. The van der Waals surface area contributed by atoms with Gasteiger partial charge in [-0.3, -0.25) is 9.59 Å². The normalized spacial score (nSPS) is 20.2. The second-order valence-corrected chi connectivity index (χ2v) is 8.41. The van der Waals surface area contributed by atoms with Gasteiger partial charge >= 0.3 is 0 Å². The van der Waals surface area contributed by atoms with E-state index in [1.54, 1.807) is 18.2 Å². The van der Waals surface area contributed by atoms with Crippen molar-refractivity contribution in [1.82, 2.24) is 4.90 Å². The zero-order valence-electron chi connectivity index (χ0n) is 18.6. The fraction of sp³-hybridized carbons (Fsp3) is 0.259. The Morgan fingerprint density at radius 3 is 2.53 bits per heavy atom. The molecule has 3 aromatic rings. The van der Waals surface area contributed by atoms with Gasteiger partial charge in [-0.05, 0) is 48.2 Å². The Kier molecular flexibility index (Phi) is 6.18. The maximum atomic E-state index is 13.2. The van der Waals surface area contributed by atoms with Gasteiger partial charge in [0.05, 0.1) is 24.0 Å². The van der Waals surface area contributed by atoms with E-state index >= 15 is 0 Å². The minimum Gasteiger partial charge on any atom is -0.503 e. The Morgan fingerprint density at radius 1 is 1.06 bits per heavy atom. The van der Waals surface area contributed by atoms with Gasteiger partial charge in [-0.2, -0.15) is 0 Å². The highest BCUT2D eigenvalue weighted by Crippen LogP contribution is 2.40. The highest BCUT2D eigenvalue weighted by Gasteiger charge is 2.45. The lowest BCUT2D eigenvalue weighted by Crippen LogP contribution is -2.37. The van der Waals surface area contributed by atoms with Crippen molar-refractivity contribution >= 4 is 11.7 Å². The van der Waals surface area contributed by atoms with Crippen LogP contribution in [-0.2, 0) is 16.1 Å². The number of benzene rings is 2. The number of aliphatic hydroxyl groups excluding tert-OH is 1. The number of nitrogens with zero attached hydrogens (tertiary/aromatic N) is 1. The molecule has 5 rings (SSSR count). The van der Waals surface area contributed by atoms with Crippen LogP contribution in [0.4, 0.5) is 0 Å². The van der Waals surface area contributed by atoms with E-state index in [2.05, 4.69) is 0 Å². The third kappa shape index (κ3) is 4.34. The third-order valence-electron chi connectivity index (χ3n) is 6.16. The second kappa shape index (κ2) is 9.57. The number of carbonyl (C=O) groups is 2. The topological polar surface area (TPSA) is 89.2 Å². The van der Waals surface area contributed by atoms with Crippen molar-refractivity contribution in [2.24, 2.45) is 0 Å². The fourth-order valence-electron chi connectivity index (χ4n) is 4.46. The van der Waals surface area contributed by atoms with Crippen LogP contribution in [0.25, 0.3) is 0 Å². The number of Topliss-reactive ketones (excluding diaryl/α,β-unsaturated/α-hetero) is 1. The standard InChI is InChI=1S/C27H25NO6/c29-25(22-9-5-15-33-22)23-24(28(27(31)26(23)30)16-21-8-4-14-32-21)19-10-12-20(13-11-19)34-17-18-6-2-1-3-7-18/h1-3,5-7,9-13,15,21,24,30H,4,8,14,16-17H2/t21-,24-/m1/s1. The van der Waals surface area contributed by atoms with E-state index in [0.29, 0.717) is 24.5 Å². The van der Waals surface area contributed by atoms with E-state index in [1.165, 1.54) is 17.2 Å². The van der Waals surface area contributed by atoms with E-state index in [0.717, 1.165) is 18.4 Å². The molecule has 3 heterocycles. The first kappa shape index (κ1) is 22.0. The first-order chi connectivity index (χ1) is 16.6. The predicted molar refractivity (Wildman–Crippen MR) is 123 cm³/mol. The van der Waals surface area contributed by atoms with Gasteiger partial charge in [-0.25, -0.2) is 0 Å². The molecule has 0 radical (unpaired) electrons. The molecule has 1 amide bonds. The molecule has 7 heteroatoms. The third-order valence-corrected chi connectivity index (χ3v) is 6.16. The van der Waals surface area contributed by atoms with Crippen LogP contribution >= 0.6 is 0 Å². The van der Waals surface area contributed by atoms with Gasteiger partial charge in [0.25, 0.3) is 5.91 Å². The highest BCUT2D eigenvalue weighted by atomic mass is 16.5. The number of amides is 1. The van der Waals surface area contributed by atoms with E-state index in [9.17, 15) is 14.7 Å². The molecule has 0 aliphatic carbocycles. The Balaban J connectivity index is 1.43. The molecule has 0 bridgehead atoms. The highest BCUT2D eigenvalue weighted by molar-refractivity contribution is 6.15. The molecule has 2 atom stereocenters. The molecule has 2 aliphatic rings. The molecular weight excluding hydrogens is 434 g/mol. The van der Waals surface area contributed by atoms with Crippen molar-refractivity contribution < 1.29 is 28.6 Å². The number of hydrogen-bond donors (Lipinski definition) is 1. The number of carbonyl (C=O) groups excluding carboxylic acids is 2. The minimum absolute atomic E-state index is 0.0101. The minimum atomic E-state index is -0.752. The van der Waals surface area contributed by atoms with Gasteiger partial charge in [-0.15, -0.1) is 0 Å². The van der Waals surface area contributed by atoms with Gasteiger partial charge in [-0.1, -0.05) is 42.5 Å². The van der Waals surface area contributed by atoms with Crippen LogP contribution in [-0.4, -0.2) is 41.0 Å². The number of rotatable bonds is 8. The Bertz CT molecular complexity index is 1180. The number of furan rings is 1. The Labute approximate surface area is 197 Å². The van der Waals surface area contributed by atoms with Crippen molar-refractivity contribution in [3.63, 3.8) is 0 Å². The van der Waals surface area contributed by atoms with Gasteiger partial charge in [0.2, 0.25) is 5.78 Å². The summed E-state index contributed by atoms with van der Waals surface area (Å²) in [6.45, 7) is 1.35.